The zero-order valence-electron chi connectivity index (χ0n) is 17.8. The molecular formula is C24H27N5OS. The van der Waals surface area contributed by atoms with Crippen LogP contribution >= 0.6 is 11.8 Å². The maximum atomic E-state index is 13.0. The number of amides is 1. The summed E-state index contributed by atoms with van der Waals surface area (Å²) in [6.45, 7) is 3.07. The Hall–Kier alpha value is -2.67. The van der Waals surface area contributed by atoms with Crippen molar-refractivity contribution in [3.63, 3.8) is 0 Å². The number of nitrogens with zero attached hydrogens (tertiary/aromatic N) is 5. The molecule has 0 saturated heterocycles. The summed E-state index contributed by atoms with van der Waals surface area (Å²) in [5, 5.41) is 9.89. The standard InChI is InChI=1S/C24H27N5OS/c1-17-7-2-4-10-20(17)29-23(19-9-6-13-25-15-19)26-27-24(29)31-16-22(30)28-14-12-18-8-3-5-11-21(18)28/h3,5-6,8-9,11,13,15,17,20H,2,4,7,10,12,14,16H2,1H3. The summed E-state index contributed by atoms with van der Waals surface area (Å²) in [6.07, 6.45) is 9.36. The van der Waals surface area contributed by atoms with Gasteiger partial charge in [0, 0.05) is 36.2 Å². The normalized spacial score (nSPS) is 20.6. The molecule has 0 N–H and O–H groups in total. The van der Waals surface area contributed by atoms with Crippen molar-refractivity contribution in [2.24, 2.45) is 5.92 Å². The fourth-order valence-corrected chi connectivity index (χ4v) is 5.72. The Balaban J connectivity index is 1.40. The first-order valence-corrected chi connectivity index (χ1v) is 12.1. The number of hydrogen-bond donors (Lipinski definition) is 0. The van der Waals surface area contributed by atoms with Gasteiger partial charge in [0.2, 0.25) is 5.91 Å². The number of pyridine rings is 1. The highest BCUT2D eigenvalue weighted by Gasteiger charge is 2.30. The third-order valence-corrected chi connectivity index (χ3v) is 7.42. The third-order valence-electron chi connectivity index (χ3n) is 6.50. The molecule has 1 aliphatic carbocycles. The van der Waals surface area contributed by atoms with Gasteiger partial charge < -0.3 is 4.90 Å². The average Bonchev–Trinajstić information content (AvgIpc) is 3.43. The molecule has 7 heteroatoms. The number of benzene rings is 1. The quantitative estimate of drug-likeness (QED) is 0.542. The van der Waals surface area contributed by atoms with Crippen molar-refractivity contribution in [2.75, 3.05) is 17.2 Å². The molecule has 1 amide bonds. The Labute approximate surface area is 187 Å². The van der Waals surface area contributed by atoms with Gasteiger partial charge >= 0.3 is 0 Å². The van der Waals surface area contributed by atoms with Crippen LogP contribution in [-0.4, -0.2) is 38.0 Å². The number of fused-ring (bicyclic) bond motifs is 1. The largest absolute Gasteiger partial charge is 0.311 e. The predicted molar refractivity (Wildman–Crippen MR) is 123 cm³/mol. The van der Waals surface area contributed by atoms with Crippen LogP contribution in [0.25, 0.3) is 11.4 Å². The first kappa shape index (κ1) is 20.2. The van der Waals surface area contributed by atoms with Crippen molar-refractivity contribution < 1.29 is 4.79 Å². The molecule has 5 rings (SSSR count). The van der Waals surface area contributed by atoms with Crippen LogP contribution < -0.4 is 4.90 Å². The van der Waals surface area contributed by atoms with Crippen molar-refractivity contribution in [3.8, 4) is 11.4 Å². The summed E-state index contributed by atoms with van der Waals surface area (Å²) >= 11 is 1.51. The molecule has 2 unspecified atom stereocenters. The van der Waals surface area contributed by atoms with Gasteiger partial charge in [0.1, 0.15) is 0 Å². The molecule has 1 fully saturated rings. The molecule has 1 aromatic carbocycles. The lowest BCUT2D eigenvalue weighted by Crippen LogP contribution is -2.30. The first-order chi connectivity index (χ1) is 15.2. The molecule has 0 radical (unpaired) electrons. The fourth-order valence-electron chi connectivity index (χ4n) is 4.85. The van der Waals surface area contributed by atoms with Gasteiger partial charge in [-0.05, 0) is 48.9 Å². The lowest BCUT2D eigenvalue weighted by molar-refractivity contribution is -0.116. The van der Waals surface area contributed by atoms with Gasteiger partial charge in [-0.25, -0.2) is 0 Å². The SMILES string of the molecule is CC1CCCCC1n1c(SCC(=O)N2CCc3ccccc32)nnc1-c1cccnc1. The summed E-state index contributed by atoms with van der Waals surface area (Å²) in [5.41, 5.74) is 3.27. The van der Waals surface area contributed by atoms with Crippen LogP contribution in [0.15, 0.2) is 53.9 Å². The first-order valence-electron chi connectivity index (χ1n) is 11.1. The molecule has 6 nitrogen and oxygen atoms in total. The van der Waals surface area contributed by atoms with Crippen LogP contribution in [0, 0.1) is 5.92 Å². The number of carbonyl (C=O) groups is 1. The molecule has 31 heavy (non-hydrogen) atoms. The molecule has 2 aliphatic rings. The van der Waals surface area contributed by atoms with E-state index in [-0.39, 0.29) is 5.91 Å². The van der Waals surface area contributed by atoms with E-state index in [0.29, 0.717) is 17.7 Å². The smallest absolute Gasteiger partial charge is 0.237 e. The number of anilines is 1. The van der Waals surface area contributed by atoms with E-state index in [1.807, 2.05) is 41.4 Å². The van der Waals surface area contributed by atoms with E-state index in [9.17, 15) is 4.79 Å². The zero-order chi connectivity index (χ0) is 21.2. The Morgan fingerprint density at radius 3 is 2.84 bits per heavy atom. The van der Waals surface area contributed by atoms with Gasteiger partial charge in [-0.2, -0.15) is 0 Å². The maximum absolute atomic E-state index is 13.0. The van der Waals surface area contributed by atoms with Gasteiger partial charge in [0.15, 0.2) is 11.0 Å². The number of carbonyl (C=O) groups excluding carboxylic acids is 1. The van der Waals surface area contributed by atoms with Crippen LogP contribution in [0.1, 0.15) is 44.2 Å². The zero-order valence-corrected chi connectivity index (χ0v) is 18.6. The summed E-state index contributed by atoms with van der Waals surface area (Å²) in [4.78, 5) is 19.2. The predicted octanol–water partition coefficient (Wildman–Crippen LogP) is 4.77. The molecule has 2 atom stereocenters. The monoisotopic (exact) mass is 433 g/mol. The van der Waals surface area contributed by atoms with Crippen molar-refractivity contribution in [3.05, 3.63) is 54.4 Å². The minimum Gasteiger partial charge on any atom is -0.311 e. The second-order valence-corrected chi connectivity index (χ2v) is 9.40. The molecule has 3 aromatic rings. The van der Waals surface area contributed by atoms with Crippen molar-refractivity contribution in [2.45, 2.75) is 50.2 Å². The van der Waals surface area contributed by atoms with E-state index in [0.717, 1.165) is 41.6 Å². The molecule has 3 heterocycles. The van der Waals surface area contributed by atoms with E-state index in [1.54, 1.807) is 6.20 Å². The number of thioether (sulfide) groups is 1. The molecule has 0 bridgehead atoms. The minimum atomic E-state index is 0.129. The summed E-state index contributed by atoms with van der Waals surface area (Å²) in [7, 11) is 0. The van der Waals surface area contributed by atoms with E-state index in [2.05, 4.69) is 32.7 Å². The highest BCUT2D eigenvalue weighted by molar-refractivity contribution is 7.99. The number of rotatable bonds is 5. The Morgan fingerprint density at radius 1 is 1.13 bits per heavy atom. The molecule has 1 aliphatic heterocycles. The van der Waals surface area contributed by atoms with Crippen LogP contribution in [0.5, 0.6) is 0 Å². The summed E-state index contributed by atoms with van der Waals surface area (Å²) in [5.74, 6) is 1.90. The van der Waals surface area contributed by atoms with E-state index >= 15 is 0 Å². The van der Waals surface area contributed by atoms with Crippen LogP contribution in [0.3, 0.4) is 0 Å². The van der Waals surface area contributed by atoms with Crippen LogP contribution in [0.2, 0.25) is 0 Å². The van der Waals surface area contributed by atoms with Gasteiger partial charge in [-0.1, -0.05) is 49.7 Å². The highest BCUT2D eigenvalue weighted by atomic mass is 32.2. The van der Waals surface area contributed by atoms with Crippen molar-refractivity contribution in [1.29, 1.82) is 0 Å². The molecule has 160 valence electrons. The highest BCUT2D eigenvalue weighted by Crippen LogP contribution is 2.39. The second kappa shape index (κ2) is 8.83. The van der Waals surface area contributed by atoms with Gasteiger partial charge in [0.25, 0.3) is 0 Å². The fraction of sp³-hybridized carbons (Fsp3) is 0.417. The Bertz CT molecular complexity index is 1070. The van der Waals surface area contributed by atoms with Gasteiger partial charge in [-0.15, -0.1) is 10.2 Å². The molecule has 0 spiro atoms. The average molecular weight is 434 g/mol. The van der Waals surface area contributed by atoms with Crippen molar-refractivity contribution >= 4 is 23.4 Å². The Kier molecular flexibility index (Phi) is 5.76. The van der Waals surface area contributed by atoms with E-state index in [1.165, 1.54) is 36.6 Å². The summed E-state index contributed by atoms with van der Waals surface area (Å²) in [6, 6.07) is 12.5. The van der Waals surface area contributed by atoms with Gasteiger partial charge in [-0.3, -0.25) is 14.3 Å². The number of aromatic nitrogens is 4. The molecular weight excluding hydrogens is 406 g/mol. The van der Waals surface area contributed by atoms with E-state index in [4.69, 9.17) is 0 Å². The van der Waals surface area contributed by atoms with Crippen LogP contribution in [0.4, 0.5) is 5.69 Å². The van der Waals surface area contributed by atoms with E-state index < -0.39 is 0 Å². The molecule has 2 aromatic heterocycles. The van der Waals surface area contributed by atoms with Crippen LogP contribution in [-0.2, 0) is 11.2 Å². The number of hydrogen-bond acceptors (Lipinski definition) is 5. The third kappa shape index (κ3) is 3.99. The lowest BCUT2D eigenvalue weighted by atomic mass is 9.85. The topological polar surface area (TPSA) is 63.9 Å². The lowest BCUT2D eigenvalue weighted by Gasteiger charge is -2.31. The maximum Gasteiger partial charge on any atom is 0.237 e. The van der Waals surface area contributed by atoms with Crippen molar-refractivity contribution in [1.82, 2.24) is 19.7 Å². The second-order valence-electron chi connectivity index (χ2n) is 8.46. The van der Waals surface area contributed by atoms with Gasteiger partial charge in [0.05, 0.1) is 5.75 Å². The Morgan fingerprint density at radius 2 is 2.00 bits per heavy atom. The number of para-hydroxylation sites is 1. The molecule has 1 saturated carbocycles. The summed E-state index contributed by atoms with van der Waals surface area (Å²) < 4.78 is 2.27. The minimum absolute atomic E-state index is 0.129.